The normalized spacial score (nSPS) is 15.9. The molecule has 8 heteroatoms. The van der Waals surface area contributed by atoms with Gasteiger partial charge < -0.3 is 10.0 Å². The van der Waals surface area contributed by atoms with Gasteiger partial charge in [-0.3, -0.25) is 9.52 Å². The van der Waals surface area contributed by atoms with Crippen LogP contribution in [0.25, 0.3) is 5.57 Å². The molecule has 0 saturated carbocycles. The van der Waals surface area contributed by atoms with Crippen LogP contribution in [0.1, 0.15) is 5.69 Å². The minimum Gasteiger partial charge on any atom is -0.503 e. The van der Waals surface area contributed by atoms with Crippen LogP contribution in [0.2, 0.25) is 0 Å². The first-order chi connectivity index (χ1) is 11.1. The van der Waals surface area contributed by atoms with E-state index in [1.54, 1.807) is 37.4 Å². The van der Waals surface area contributed by atoms with Crippen molar-refractivity contribution in [1.29, 1.82) is 0 Å². The summed E-state index contributed by atoms with van der Waals surface area (Å²) in [6.45, 7) is 0.267. The van der Waals surface area contributed by atoms with Crippen molar-refractivity contribution in [2.24, 2.45) is 0 Å². The Morgan fingerprint density at radius 3 is 2.65 bits per heavy atom. The van der Waals surface area contributed by atoms with Gasteiger partial charge in [0, 0.05) is 18.7 Å². The fourth-order valence-electron chi connectivity index (χ4n) is 2.17. The summed E-state index contributed by atoms with van der Waals surface area (Å²) in [4.78, 5) is 21.7. The predicted molar refractivity (Wildman–Crippen MR) is 85.7 cm³/mol. The summed E-state index contributed by atoms with van der Waals surface area (Å²) in [5.41, 5.74) is 0.844. The number of hydrogen-bond donors (Lipinski definition) is 2. The summed E-state index contributed by atoms with van der Waals surface area (Å²) in [7, 11) is 0.131. The number of aliphatic hydroxyl groups is 1. The molecule has 7 nitrogen and oxygen atoms in total. The van der Waals surface area contributed by atoms with Crippen LogP contribution < -0.4 is 4.72 Å². The van der Waals surface area contributed by atoms with Gasteiger partial charge in [0.05, 0.1) is 17.1 Å². The smallest absolute Gasteiger partial charge is 0.289 e. The monoisotopic (exact) mass is 330 g/mol. The van der Waals surface area contributed by atoms with E-state index in [1.807, 2.05) is 6.07 Å². The Balaban J connectivity index is 1.84. The van der Waals surface area contributed by atoms with Gasteiger partial charge in [-0.25, -0.2) is 14.2 Å². The summed E-state index contributed by atoms with van der Waals surface area (Å²) < 4.78 is 15.0. The number of carbonyl (C=O) groups is 1. The molecular formula is C15H14N4O3S. The average molecular weight is 330 g/mol. The van der Waals surface area contributed by atoms with Gasteiger partial charge in [-0.15, -0.1) is 0 Å². The molecule has 1 aromatic heterocycles. The van der Waals surface area contributed by atoms with E-state index in [9.17, 15) is 14.1 Å². The first-order valence-electron chi connectivity index (χ1n) is 6.79. The maximum Gasteiger partial charge on any atom is 0.289 e. The number of rotatable bonds is 4. The second-order valence-electron chi connectivity index (χ2n) is 4.96. The lowest BCUT2D eigenvalue weighted by molar-refractivity contribution is -0.126. The number of hydrogen-bond acceptors (Lipinski definition) is 5. The van der Waals surface area contributed by atoms with E-state index in [0.29, 0.717) is 22.0 Å². The van der Waals surface area contributed by atoms with E-state index < -0.39 is 16.9 Å². The number of nitrogens with one attached hydrogen (secondary N) is 1. The van der Waals surface area contributed by atoms with Crippen LogP contribution in [0.15, 0.2) is 53.4 Å². The molecule has 1 aromatic carbocycles. The molecule has 0 fully saturated rings. The average Bonchev–Trinajstić information content (AvgIpc) is 2.83. The summed E-state index contributed by atoms with van der Waals surface area (Å²) in [6.07, 6.45) is 1.29. The van der Waals surface area contributed by atoms with E-state index in [1.165, 1.54) is 11.2 Å². The predicted octanol–water partition coefficient (Wildman–Crippen LogP) is 1.35. The topological polar surface area (TPSA) is 95.4 Å². The molecule has 1 amide bonds. The molecular weight excluding hydrogens is 316 g/mol. The quantitative estimate of drug-likeness (QED) is 0.882. The van der Waals surface area contributed by atoms with Gasteiger partial charge in [0.25, 0.3) is 5.91 Å². The van der Waals surface area contributed by atoms with Crippen LogP contribution in [-0.2, 0) is 15.8 Å². The number of likely N-dealkylation sites (N-methyl/N-ethyl adjacent to an activating group) is 1. The molecule has 3 rings (SSSR count). The zero-order valence-electron chi connectivity index (χ0n) is 12.3. The summed E-state index contributed by atoms with van der Waals surface area (Å²) in [5, 5.41) is 9.88. The van der Waals surface area contributed by atoms with Gasteiger partial charge in [0.1, 0.15) is 12.1 Å². The fourth-order valence-corrected chi connectivity index (χ4v) is 3.00. The second-order valence-corrected chi connectivity index (χ2v) is 6.17. The number of carbonyl (C=O) groups excluding carboxylic acids is 1. The van der Waals surface area contributed by atoms with Gasteiger partial charge in [-0.1, -0.05) is 18.2 Å². The molecule has 1 aliphatic rings. The van der Waals surface area contributed by atoms with Crippen LogP contribution in [-0.4, -0.2) is 43.7 Å². The van der Waals surface area contributed by atoms with E-state index in [-0.39, 0.29) is 12.3 Å². The number of benzene rings is 1. The van der Waals surface area contributed by atoms with Crippen molar-refractivity contribution in [1.82, 2.24) is 14.9 Å². The number of aliphatic hydroxyl groups excluding tert-OH is 1. The van der Waals surface area contributed by atoms with Crippen molar-refractivity contribution >= 4 is 28.3 Å². The third kappa shape index (κ3) is 3.07. The van der Waals surface area contributed by atoms with Crippen molar-refractivity contribution in [2.45, 2.75) is 4.90 Å². The highest BCUT2D eigenvalue weighted by atomic mass is 32.2. The highest BCUT2D eigenvalue weighted by molar-refractivity contribution is 7.86. The molecule has 1 unspecified atom stereocenters. The second kappa shape index (κ2) is 6.17. The zero-order valence-corrected chi connectivity index (χ0v) is 13.1. The Labute approximate surface area is 135 Å². The molecule has 23 heavy (non-hydrogen) atoms. The summed E-state index contributed by atoms with van der Waals surface area (Å²) in [6, 6.07) is 10.5. The lowest BCUT2D eigenvalue weighted by atomic mass is 10.2. The van der Waals surface area contributed by atoms with Crippen molar-refractivity contribution in [3.8, 4) is 0 Å². The van der Waals surface area contributed by atoms with E-state index in [2.05, 4.69) is 14.7 Å². The molecule has 0 radical (unpaired) electrons. The van der Waals surface area contributed by atoms with Crippen LogP contribution in [0, 0.1) is 0 Å². The Hall–Kier alpha value is -2.74. The highest BCUT2D eigenvalue weighted by Gasteiger charge is 2.29. The van der Waals surface area contributed by atoms with Crippen LogP contribution in [0.4, 0.5) is 5.82 Å². The fraction of sp³-hybridized carbons (Fsp3) is 0.133. The first-order valence-corrected chi connectivity index (χ1v) is 7.94. The van der Waals surface area contributed by atoms with Gasteiger partial charge in [-0.2, -0.15) is 0 Å². The summed E-state index contributed by atoms with van der Waals surface area (Å²) in [5.74, 6) is -0.415. The minimum atomic E-state index is -1.46. The maximum atomic E-state index is 12.2. The molecule has 2 N–H and O–H groups in total. The van der Waals surface area contributed by atoms with Crippen LogP contribution >= 0.6 is 0 Å². The maximum absolute atomic E-state index is 12.2. The molecule has 0 aliphatic carbocycles. The number of aromatic nitrogens is 2. The minimum absolute atomic E-state index is 0.267. The van der Waals surface area contributed by atoms with Crippen molar-refractivity contribution in [3.63, 3.8) is 0 Å². The first kappa shape index (κ1) is 15.2. The Morgan fingerprint density at radius 1 is 1.26 bits per heavy atom. The van der Waals surface area contributed by atoms with Crippen LogP contribution in [0.5, 0.6) is 0 Å². The molecule has 1 atom stereocenters. The molecule has 118 valence electrons. The summed E-state index contributed by atoms with van der Waals surface area (Å²) >= 11 is 0. The van der Waals surface area contributed by atoms with Crippen molar-refractivity contribution in [3.05, 3.63) is 54.2 Å². The molecule has 2 aromatic rings. The van der Waals surface area contributed by atoms with Crippen molar-refractivity contribution < 1.29 is 14.1 Å². The largest absolute Gasteiger partial charge is 0.503 e. The molecule has 1 aliphatic heterocycles. The zero-order chi connectivity index (χ0) is 16.4. The van der Waals surface area contributed by atoms with E-state index in [0.717, 1.165) is 0 Å². The lowest BCUT2D eigenvalue weighted by Gasteiger charge is -2.08. The standard InChI is InChI=1S/C15H14N4O3S/c1-19-8-11(14(20)15(19)21)12-7-13(17-9-16-12)18-23(22)10-5-3-2-4-6-10/h2-7,9,20H,8H2,1H3,(H,16,17,18). The molecule has 0 bridgehead atoms. The number of nitrogens with zero attached hydrogens (tertiary/aromatic N) is 3. The number of anilines is 1. The van der Waals surface area contributed by atoms with Gasteiger partial charge in [-0.05, 0) is 12.1 Å². The van der Waals surface area contributed by atoms with Gasteiger partial charge in [0.2, 0.25) is 0 Å². The van der Waals surface area contributed by atoms with Gasteiger partial charge in [0.15, 0.2) is 16.7 Å². The molecule has 2 heterocycles. The van der Waals surface area contributed by atoms with Crippen molar-refractivity contribution in [2.75, 3.05) is 18.3 Å². The third-order valence-corrected chi connectivity index (χ3v) is 4.46. The highest BCUT2D eigenvalue weighted by Crippen LogP contribution is 2.25. The molecule has 0 saturated heterocycles. The van der Waals surface area contributed by atoms with Gasteiger partial charge >= 0.3 is 0 Å². The Morgan fingerprint density at radius 2 is 2.00 bits per heavy atom. The third-order valence-electron chi connectivity index (χ3n) is 3.36. The molecule has 0 spiro atoms. The van der Waals surface area contributed by atoms with E-state index in [4.69, 9.17) is 0 Å². The SMILES string of the molecule is CN1CC(c2cc(NS(=O)c3ccccc3)ncn2)=C(O)C1=O. The lowest BCUT2D eigenvalue weighted by Crippen LogP contribution is -2.21. The Kier molecular flexibility index (Phi) is 4.07. The Bertz CT molecular complexity index is 807. The van der Waals surface area contributed by atoms with Crippen LogP contribution in [0.3, 0.4) is 0 Å². The van der Waals surface area contributed by atoms with E-state index >= 15 is 0 Å². The number of amides is 1.